The summed E-state index contributed by atoms with van der Waals surface area (Å²) in [5.41, 5.74) is 1.88. The number of hydrogen-bond acceptors (Lipinski definition) is 3. The van der Waals surface area contributed by atoms with E-state index in [4.69, 9.17) is 0 Å². The monoisotopic (exact) mass is 292 g/mol. The molecule has 1 heterocycles. The molecular formula is C15H16O2S2. The molecule has 0 radical (unpaired) electrons. The van der Waals surface area contributed by atoms with E-state index in [1.54, 1.807) is 6.08 Å². The Morgan fingerprint density at radius 1 is 1.37 bits per heavy atom. The van der Waals surface area contributed by atoms with Gasteiger partial charge in [0.2, 0.25) is 0 Å². The average Bonchev–Trinajstić information content (AvgIpc) is 2.88. The van der Waals surface area contributed by atoms with Gasteiger partial charge in [-0.2, -0.15) is 0 Å². The lowest BCUT2D eigenvalue weighted by Gasteiger charge is -2.09. The minimum Gasteiger partial charge on any atom is -0.388 e. The Bertz CT molecular complexity index is 584. The van der Waals surface area contributed by atoms with Gasteiger partial charge in [0.05, 0.1) is 16.9 Å². The maximum Gasteiger partial charge on any atom is 0.102 e. The maximum absolute atomic E-state index is 12.5. The van der Waals surface area contributed by atoms with E-state index in [0.717, 1.165) is 20.2 Å². The second-order valence-corrected chi connectivity index (χ2v) is 6.88. The fourth-order valence-electron chi connectivity index (χ4n) is 1.76. The fraction of sp³-hybridized carbons (Fsp3) is 0.200. The van der Waals surface area contributed by atoms with Gasteiger partial charge in [0, 0.05) is 10.5 Å². The van der Waals surface area contributed by atoms with E-state index in [1.807, 2.05) is 42.6 Å². The second-order valence-electron chi connectivity index (χ2n) is 4.29. The van der Waals surface area contributed by atoms with Crippen LogP contribution in [0.3, 0.4) is 0 Å². The maximum atomic E-state index is 12.5. The van der Waals surface area contributed by atoms with E-state index in [-0.39, 0.29) is 0 Å². The molecule has 100 valence electrons. The SMILES string of the molecule is C=CC[C@H](O)c1ccsc1S(=O)c1ccc(C)cc1. The molecule has 0 amide bonds. The molecule has 2 rings (SSSR count). The molecule has 1 N–H and O–H groups in total. The van der Waals surface area contributed by atoms with Gasteiger partial charge in [-0.3, -0.25) is 0 Å². The van der Waals surface area contributed by atoms with E-state index in [9.17, 15) is 9.32 Å². The van der Waals surface area contributed by atoms with Crippen LogP contribution >= 0.6 is 11.3 Å². The third-order valence-electron chi connectivity index (χ3n) is 2.81. The molecule has 0 aliphatic heterocycles. The summed E-state index contributed by atoms with van der Waals surface area (Å²) >= 11 is 1.42. The van der Waals surface area contributed by atoms with Gasteiger partial charge in [-0.15, -0.1) is 17.9 Å². The van der Waals surface area contributed by atoms with E-state index in [1.165, 1.54) is 11.3 Å². The number of aryl methyl sites for hydroxylation is 1. The second kappa shape index (κ2) is 6.28. The van der Waals surface area contributed by atoms with Gasteiger partial charge in [-0.1, -0.05) is 23.8 Å². The molecule has 1 aromatic carbocycles. The van der Waals surface area contributed by atoms with E-state index >= 15 is 0 Å². The van der Waals surface area contributed by atoms with E-state index < -0.39 is 16.9 Å². The van der Waals surface area contributed by atoms with E-state index in [0.29, 0.717) is 6.42 Å². The summed E-state index contributed by atoms with van der Waals surface area (Å²) in [4.78, 5) is 0.764. The molecule has 2 atom stereocenters. The zero-order valence-electron chi connectivity index (χ0n) is 10.7. The first kappa shape index (κ1) is 14.2. The molecule has 2 aromatic rings. The van der Waals surface area contributed by atoms with Crippen molar-refractivity contribution in [3.05, 3.63) is 59.5 Å². The highest BCUT2D eigenvalue weighted by atomic mass is 32.2. The van der Waals surface area contributed by atoms with Crippen LogP contribution in [0.4, 0.5) is 0 Å². The van der Waals surface area contributed by atoms with Gasteiger partial charge < -0.3 is 5.11 Å². The Hall–Kier alpha value is -1.23. The lowest BCUT2D eigenvalue weighted by molar-refractivity contribution is 0.179. The van der Waals surface area contributed by atoms with Crippen molar-refractivity contribution in [2.24, 2.45) is 0 Å². The summed E-state index contributed by atoms with van der Waals surface area (Å²) in [6.07, 6.45) is 1.50. The third-order valence-corrected chi connectivity index (χ3v) is 5.55. The molecule has 0 saturated carbocycles. The molecular weight excluding hydrogens is 276 g/mol. The van der Waals surface area contributed by atoms with Crippen molar-refractivity contribution in [2.75, 3.05) is 0 Å². The van der Waals surface area contributed by atoms with Crippen LogP contribution in [0.2, 0.25) is 0 Å². The summed E-state index contributed by atoms with van der Waals surface area (Å²) < 4.78 is 13.3. The molecule has 0 fully saturated rings. The van der Waals surface area contributed by atoms with Crippen molar-refractivity contribution in [1.82, 2.24) is 0 Å². The number of rotatable bonds is 5. The Labute approximate surface area is 119 Å². The normalized spacial score (nSPS) is 14.0. The molecule has 1 unspecified atom stereocenters. The van der Waals surface area contributed by atoms with Crippen molar-refractivity contribution >= 4 is 22.1 Å². The quantitative estimate of drug-likeness (QED) is 0.850. The zero-order chi connectivity index (χ0) is 13.8. The predicted molar refractivity (Wildman–Crippen MR) is 79.9 cm³/mol. The van der Waals surface area contributed by atoms with Crippen molar-refractivity contribution in [3.8, 4) is 0 Å². The summed E-state index contributed by atoms with van der Waals surface area (Å²) in [5.74, 6) is 0. The Kier molecular flexibility index (Phi) is 4.69. The number of hydrogen-bond donors (Lipinski definition) is 1. The Balaban J connectivity index is 2.32. The van der Waals surface area contributed by atoms with Crippen LogP contribution in [-0.2, 0) is 10.8 Å². The van der Waals surface area contributed by atoms with Crippen LogP contribution in [0.1, 0.15) is 23.7 Å². The number of aliphatic hydroxyl groups is 1. The lowest BCUT2D eigenvalue weighted by atomic mass is 10.1. The minimum atomic E-state index is -1.24. The molecule has 0 saturated heterocycles. The van der Waals surface area contributed by atoms with Crippen LogP contribution in [0.5, 0.6) is 0 Å². The number of aliphatic hydroxyl groups excluding tert-OH is 1. The summed E-state index contributed by atoms with van der Waals surface area (Å²) in [5, 5.41) is 11.9. The molecule has 0 aliphatic rings. The summed E-state index contributed by atoms with van der Waals surface area (Å²) in [7, 11) is -1.24. The van der Waals surface area contributed by atoms with Gasteiger partial charge in [-0.25, -0.2) is 4.21 Å². The van der Waals surface area contributed by atoms with Gasteiger partial charge in [0.15, 0.2) is 0 Å². The molecule has 1 aromatic heterocycles. The highest BCUT2D eigenvalue weighted by Crippen LogP contribution is 2.31. The largest absolute Gasteiger partial charge is 0.388 e. The standard InChI is InChI=1S/C15H16O2S2/c1-3-4-14(16)13-9-10-18-15(13)19(17)12-7-5-11(2)6-8-12/h3,5-10,14,16H,1,4H2,2H3/t14-,19?/m0/s1. The number of thiophene rings is 1. The van der Waals surface area contributed by atoms with Crippen molar-refractivity contribution in [2.45, 2.75) is 28.6 Å². The van der Waals surface area contributed by atoms with Crippen molar-refractivity contribution < 1.29 is 9.32 Å². The molecule has 19 heavy (non-hydrogen) atoms. The number of benzene rings is 1. The molecule has 4 heteroatoms. The fourth-order valence-corrected chi connectivity index (χ4v) is 4.26. The van der Waals surface area contributed by atoms with Gasteiger partial charge >= 0.3 is 0 Å². The highest BCUT2D eigenvalue weighted by molar-refractivity contribution is 7.87. The van der Waals surface area contributed by atoms with Crippen molar-refractivity contribution in [1.29, 1.82) is 0 Å². The minimum absolute atomic E-state index is 0.467. The Morgan fingerprint density at radius 2 is 2.05 bits per heavy atom. The zero-order valence-corrected chi connectivity index (χ0v) is 12.3. The molecule has 0 aliphatic carbocycles. The van der Waals surface area contributed by atoms with Gasteiger partial charge in [-0.05, 0) is 36.9 Å². The lowest BCUT2D eigenvalue weighted by Crippen LogP contribution is -2.00. The molecule has 0 spiro atoms. The first-order valence-electron chi connectivity index (χ1n) is 5.98. The van der Waals surface area contributed by atoms with Crippen LogP contribution < -0.4 is 0 Å². The Morgan fingerprint density at radius 3 is 2.68 bits per heavy atom. The summed E-state index contributed by atoms with van der Waals surface area (Å²) in [6.45, 7) is 5.62. The highest BCUT2D eigenvalue weighted by Gasteiger charge is 2.18. The van der Waals surface area contributed by atoms with Crippen LogP contribution in [0, 0.1) is 6.92 Å². The molecule has 2 nitrogen and oxygen atoms in total. The first-order valence-corrected chi connectivity index (χ1v) is 8.01. The van der Waals surface area contributed by atoms with Crippen LogP contribution in [-0.4, -0.2) is 9.32 Å². The van der Waals surface area contributed by atoms with Crippen LogP contribution in [0.25, 0.3) is 0 Å². The first-order chi connectivity index (χ1) is 9.13. The van der Waals surface area contributed by atoms with Gasteiger partial charge in [0.1, 0.15) is 4.21 Å². The third kappa shape index (κ3) is 3.21. The van der Waals surface area contributed by atoms with Gasteiger partial charge in [0.25, 0.3) is 0 Å². The van der Waals surface area contributed by atoms with E-state index in [2.05, 4.69) is 6.58 Å². The molecule has 0 bridgehead atoms. The average molecular weight is 292 g/mol. The smallest absolute Gasteiger partial charge is 0.102 e. The predicted octanol–water partition coefficient (Wildman–Crippen LogP) is 3.83. The summed E-state index contributed by atoms with van der Waals surface area (Å²) in [6, 6.07) is 9.46. The van der Waals surface area contributed by atoms with Crippen molar-refractivity contribution in [3.63, 3.8) is 0 Å². The van der Waals surface area contributed by atoms with Crippen LogP contribution in [0.15, 0.2) is 57.5 Å². The topological polar surface area (TPSA) is 37.3 Å².